The largest absolute Gasteiger partial charge is 0.372 e. The fraction of sp³-hybridized carbons (Fsp3) is 0.471. The first-order chi connectivity index (χ1) is 11.8. The van der Waals surface area contributed by atoms with Crippen molar-refractivity contribution in [3.05, 3.63) is 42.4 Å². The van der Waals surface area contributed by atoms with Crippen LogP contribution in [0.2, 0.25) is 0 Å². The van der Waals surface area contributed by atoms with Crippen LogP contribution in [0.4, 0.5) is 5.82 Å². The normalized spacial score (nSPS) is 18.0. The van der Waals surface area contributed by atoms with Crippen molar-refractivity contribution >= 4 is 11.7 Å². The number of rotatable bonds is 4. The Bertz CT molecular complexity index is 661. The Kier molecular flexibility index (Phi) is 5.30. The van der Waals surface area contributed by atoms with Crippen LogP contribution >= 0.6 is 0 Å². The molecular formula is C17H22N6O. The average molecular weight is 326 g/mol. The van der Waals surface area contributed by atoms with Crippen LogP contribution in [-0.4, -0.2) is 50.9 Å². The molecule has 0 spiro atoms. The summed E-state index contributed by atoms with van der Waals surface area (Å²) in [6.07, 6.45) is 10.6. The molecule has 1 N–H and O–H groups in total. The Morgan fingerprint density at radius 3 is 2.88 bits per heavy atom. The lowest BCUT2D eigenvalue weighted by Crippen LogP contribution is -2.32. The van der Waals surface area contributed by atoms with E-state index in [1.165, 1.54) is 6.33 Å². The van der Waals surface area contributed by atoms with Gasteiger partial charge in [0.2, 0.25) is 0 Å². The van der Waals surface area contributed by atoms with E-state index in [-0.39, 0.29) is 5.91 Å². The highest BCUT2D eigenvalue weighted by molar-refractivity contribution is 5.92. The summed E-state index contributed by atoms with van der Waals surface area (Å²) in [6, 6.07) is 1.67. The number of carbonyl (C=O) groups is 1. The van der Waals surface area contributed by atoms with Gasteiger partial charge in [-0.2, -0.15) is 0 Å². The van der Waals surface area contributed by atoms with Crippen LogP contribution in [0.5, 0.6) is 0 Å². The molecule has 0 bridgehead atoms. The van der Waals surface area contributed by atoms with Crippen LogP contribution < -0.4 is 5.32 Å². The highest BCUT2D eigenvalue weighted by Gasteiger charge is 2.22. The zero-order valence-electron chi connectivity index (χ0n) is 13.9. The van der Waals surface area contributed by atoms with Crippen LogP contribution in [-0.2, 0) is 6.42 Å². The van der Waals surface area contributed by atoms with Crippen molar-refractivity contribution in [2.24, 2.45) is 5.92 Å². The van der Waals surface area contributed by atoms with Crippen LogP contribution in [0.25, 0.3) is 0 Å². The van der Waals surface area contributed by atoms with Crippen LogP contribution in [0.3, 0.4) is 0 Å². The number of hydrogen-bond donors (Lipinski definition) is 1. The third kappa shape index (κ3) is 4.04. The summed E-state index contributed by atoms with van der Waals surface area (Å²) >= 11 is 0. The van der Waals surface area contributed by atoms with E-state index in [1.54, 1.807) is 18.5 Å². The average Bonchev–Trinajstić information content (AvgIpc) is 2.88. The second kappa shape index (κ2) is 7.81. The zero-order valence-corrected chi connectivity index (χ0v) is 13.9. The monoisotopic (exact) mass is 326 g/mol. The Labute approximate surface area is 141 Å². The minimum atomic E-state index is -0.00350. The minimum Gasteiger partial charge on any atom is -0.372 e. The molecular weight excluding hydrogens is 304 g/mol. The summed E-state index contributed by atoms with van der Waals surface area (Å²) in [5.74, 6) is 1.31. The van der Waals surface area contributed by atoms with Gasteiger partial charge in [-0.05, 0) is 37.7 Å². The lowest BCUT2D eigenvalue weighted by atomic mass is 9.95. The molecule has 0 saturated carbocycles. The second-order valence-electron chi connectivity index (χ2n) is 6.03. The Morgan fingerprint density at radius 1 is 1.25 bits per heavy atom. The van der Waals surface area contributed by atoms with E-state index >= 15 is 0 Å². The van der Waals surface area contributed by atoms with E-state index in [1.807, 2.05) is 18.1 Å². The van der Waals surface area contributed by atoms with Crippen LogP contribution in [0, 0.1) is 5.92 Å². The molecule has 1 aliphatic rings. The maximum atomic E-state index is 12.5. The maximum Gasteiger partial charge on any atom is 0.272 e. The zero-order chi connectivity index (χ0) is 16.8. The summed E-state index contributed by atoms with van der Waals surface area (Å²) in [7, 11) is 1.83. The molecule has 1 atom stereocenters. The van der Waals surface area contributed by atoms with Crippen molar-refractivity contribution < 1.29 is 4.79 Å². The van der Waals surface area contributed by atoms with Crippen molar-refractivity contribution in [2.75, 3.05) is 25.5 Å². The summed E-state index contributed by atoms with van der Waals surface area (Å²) in [6.45, 7) is 1.54. The summed E-state index contributed by atoms with van der Waals surface area (Å²) in [5.41, 5.74) is 1.48. The summed E-state index contributed by atoms with van der Waals surface area (Å²) in [5, 5.41) is 2.97. The SMILES string of the molecule is CNc1cnc(C[C@@H]2CCCN(C(=O)c3ccncn3)CC2)cn1. The predicted octanol–water partition coefficient (Wildman–Crippen LogP) is 1.79. The number of anilines is 1. The smallest absolute Gasteiger partial charge is 0.272 e. The molecule has 0 aliphatic carbocycles. The van der Waals surface area contributed by atoms with Gasteiger partial charge in [-0.25, -0.2) is 15.0 Å². The molecule has 0 unspecified atom stereocenters. The lowest BCUT2D eigenvalue weighted by molar-refractivity contribution is 0.0754. The maximum absolute atomic E-state index is 12.5. The third-order valence-electron chi connectivity index (χ3n) is 4.40. The van der Waals surface area contributed by atoms with E-state index < -0.39 is 0 Å². The Morgan fingerprint density at radius 2 is 2.17 bits per heavy atom. The minimum absolute atomic E-state index is 0.00350. The number of carbonyl (C=O) groups excluding carboxylic acids is 1. The number of likely N-dealkylation sites (tertiary alicyclic amines) is 1. The van der Waals surface area contributed by atoms with Gasteiger partial charge >= 0.3 is 0 Å². The Balaban J connectivity index is 1.57. The number of nitrogens with one attached hydrogen (secondary N) is 1. The molecule has 1 aliphatic heterocycles. The van der Waals surface area contributed by atoms with Gasteiger partial charge in [0.1, 0.15) is 17.8 Å². The van der Waals surface area contributed by atoms with Gasteiger partial charge in [0, 0.05) is 26.3 Å². The topological polar surface area (TPSA) is 83.9 Å². The number of hydrogen-bond acceptors (Lipinski definition) is 6. The molecule has 2 aromatic rings. The first-order valence-electron chi connectivity index (χ1n) is 8.30. The highest BCUT2D eigenvalue weighted by Crippen LogP contribution is 2.22. The second-order valence-corrected chi connectivity index (χ2v) is 6.03. The number of aromatic nitrogens is 4. The van der Waals surface area contributed by atoms with Crippen molar-refractivity contribution in [3.63, 3.8) is 0 Å². The van der Waals surface area contributed by atoms with Gasteiger partial charge in [-0.3, -0.25) is 9.78 Å². The molecule has 1 fully saturated rings. The number of amides is 1. The van der Waals surface area contributed by atoms with Crippen molar-refractivity contribution in [1.29, 1.82) is 0 Å². The van der Waals surface area contributed by atoms with Gasteiger partial charge in [0.15, 0.2) is 0 Å². The van der Waals surface area contributed by atoms with E-state index in [0.29, 0.717) is 11.6 Å². The fourth-order valence-electron chi connectivity index (χ4n) is 3.04. The van der Waals surface area contributed by atoms with Gasteiger partial charge < -0.3 is 10.2 Å². The molecule has 0 radical (unpaired) electrons. The van der Waals surface area contributed by atoms with E-state index in [0.717, 1.165) is 50.3 Å². The lowest BCUT2D eigenvalue weighted by Gasteiger charge is -2.20. The van der Waals surface area contributed by atoms with E-state index in [9.17, 15) is 4.79 Å². The van der Waals surface area contributed by atoms with Crippen molar-refractivity contribution in [1.82, 2.24) is 24.8 Å². The molecule has 7 nitrogen and oxygen atoms in total. The molecule has 3 heterocycles. The first kappa shape index (κ1) is 16.3. The van der Waals surface area contributed by atoms with Gasteiger partial charge in [-0.15, -0.1) is 0 Å². The van der Waals surface area contributed by atoms with Crippen LogP contribution in [0.15, 0.2) is 31.0 Å². The molecule has 24 heavy (non-hydrogen) atoms. The molecule has 1 saturated heterocycles. The van der Waals surface area contributed by atoms with Gasteiger partial charge in [0.05, 0.1) is 18.1 Å². The molecule has 1 amide bonds. The summed E-state index contributed by atoms with van der Waals surface area (Å²) < 4.78 is 0. The van der Waals surface area contributed by atoms with E-state index in [2.05, 4.69) is 25.3 Å². The standard InChI is InChI=1S/C17H22N6O/c1-18-16-11-20-14(10-21-16)9-13-3-2-7-23(8-5-13)17(24)15-4-6-19-12-22-15/h4,6,10-13H,2-3,5,7-9H2,1H3,(H,18,21)/t13-/m1/s1. The molecule has 7 heteroatoms. The predicted molar refractivity (Wildman–Crippen MR) is 90.6 cm³/mol. The Hall–Kier alpha value is -2.57. The first-order valence-corrected chi connectivity index (χ1v) is 8.30. The molecule has 0 aromatic carbocycles. The van der Waals surface area contributed by atoms with E-state index in [4.69, 9.17) is 0 Å². The third-order valence-corrected chi connectivity index (χ3v) is 4.40. The molecule has 2 aromatic heterocycles. The molecule has 126 valence electrons. The molecule has 3 rings (SSSR count). The van der Waals surface area contributed by atoms with Crippen molar-refractivity contribution in [3.8, 4) is 0 Å². The van der Waals surface area contributed by atoms with Gasteiger partial charge in [0.25, 0.3) is 5.91 Å². The number of nitrogens with zero attached hydrogens (tertiary/aromatic N) is 5. The fourth-order valence-corrected chi connectivity index (χ4v) is 3.04. The van der Waals surface area contributed by atoms with Crippen molar-refractivity contribution in [2.45, 2.75) is 25.7 Å². The summed E-state index contributed by atoms with van der Waals surface area (Å²) in [4.78, 5) is 31.1. The van der Waals surface area contributed by atoms with Gasteiger partial charge in [-0.1, -0.05) is 0 Å². The highest BCUT2D eigenvalue weighted by atomic mass is 16.2. The van der Waals surface area contributed by atoms with Crippen LogP contribution in [0.1, 0.15) is 35.4 Å². The quantitative estimate of drug-likeness (QED) is 0.922.